The molecule has 112 valence electrons. The third kappa shape index (κ3) is 5.12. The van der Waals surface area contributed by atoms with Crippen LogP contribution in [0.15, 0.2) is 48.5 Å². The van der Waals surface area contributed by atoms with Gasteiger partial charge < -0.3 is 14.8 Å². The summed E-state index contributed by atoms with van der Waals surface area (Å²) in [7, 11) is 0. The average molecular weight is 285 g/mol. The lowest BCUT2D eigenvalue weighted by Gasteiger charge is -2.08. The Kier molecular flexibility index (Phi) is 6.10. The average Bonchev–Trinajstić information content (AvgIpc) is 2.51. The van der Waals surface area contributed by atoms with Crippen molar-refractivity contribution in [2.45, 2.75) is 26.8 Å². The van der Waals surface area contributed by atoms with Crippen molar-refractivity contribution >= 4 is 0 Å². The first-order valence-corrected chi connectivity index (χ1v) is 7.52. The molecule has 0 radical (unpaired) electrons. The Morgan fingerprint density at radius 1 is 0.810 bits per heavy atom. The van der Waals surface area contributed by atoms with Gasteiger partial charge in [-0.25, -0.2) is 0 Å². The van der Waals surface area contributed by atoms with Crippen LogP contribution in [0.4, 0.5) is 0 Å². The lowest BCUT2D eigenvalue weighted by molar-refractivity contribution is 0.339. The molecule has 0 bridgehead atoms. The van der Waals surface area contributed by atoms with Crippen LogP contribution in [0.2, 0.25) is 0 Å². The lowest BCUT2D eigenvalue weighted by Crippen LogP contribution is -2.13. The van der Waals surface area contributed by atoms with Gasteiger partial charge in [-0.2, -0.15) is 0 Å². The predicted molar refractivity (Wildman–Crippen MR) is 86.1 cm³/mol. The van der Waals surface area contributed by atoms with E-state index in [0.29, 0.717) is 6.61 Å². The molecule has 0 atom stereocenters. The van der Waals surface area contributed by atoms with E-state index in [1.54, 1.807) is 0 Å². The van der Waals surface area contributed by atoms with Crippen molar-refractivity contribution in [2.24, 2.45) is 0 Å². The van der Waals surface area contributed by atoms with Crippen molar-refractivity contribution in [3.63, 3.8) is 0 Å². The zero-order valence-electron chi connectivity index (χ0n) is 12.8. The molecule has 2 rings (SSSR count). The molecule has 0 aliphatic rings. The molecule has 3 nitrogen and oxygen atoms in total. The minimum absolute atomic E-state index is 0.674. The molecule has 0 saturated carbocycles. The molecular formula is C18H23NO2. The standard InChI is InChI=1S/C18H23NO2/c1-3-13-19-14-15-5-7-17(8-6-15)21-18-11-9-16(10-12-18)20-4-2/h5-12,19H,3-4,13-14H2,1-2H3. The minimum atomic E-state index is 0.674. The molecule has 0 aromatic heterocycles. The molecule has 2 aromatic rings. The normalized spacial score (nSPS) is 10.4. The molecule has 0 aliphatic heterocycles. The summed E-state index contributed by atoms with van der Waals surface area (Å²) in [4.78, 5) is 0. The van der Waals surface area contributed by atoms with Crippen molar-refractivity contribution in [1.82, 2.24) is 5.32 Å². The summed E-state index contributed by atoms with van der Waals surface area (Å²) in [6, 6.07) is 15.9. The van der Waals surface area contributed by atoms with Gasteiger partial charge in [0, 0.05) is 6.54 Å². The quantitative estimate of drug-likeness (QED) is 0.730. The Morgan fingerprint density at radius 2 is 1.38 bits per heavy atom. The fraction of sp³-hybridized carbons (Fsp3) is 0.333. The first-order valence-electron chi connectivity index (χ1n) is 7.52. The van der Waals surface area contributed by atoms with E-state index in [0.717, 1.165) is 36.8 Å². The zero-order chi connectivity index (χ0) is 14.9. The van der Waals surface area contributed by atoms with E-state index < -0.39 is 0 Å². The van der Waals surface area contributed by atoms with Gasteiger partial charge in [0.1, 0.15) is 17.2 Å². The fourth-order valence-corrected chi connectivity index (χ4v) is 1.99. The number of nitrogens with one attached hydrogen (secondary N) is 1. The van der Waals surface area contributed by atoms with Crippen LogP contribution in [-0.4, -0.2) is 13.2 Å². The Labute approximate surface area is 126 Å². The highest BCUT2D eigenvalue weighted by Gasteiger charge is 1.99. The number of hydrogen-bond donors (Lipinski definition) is 1. The predicted octanol–water partition coefficient (Wildman–Crippen LogP) is 4.38. The van der Waals surface area contributed by atoms with Gasteiger partial charge in [0.25, 0.3) is 0 Å². The number of rotatable bonds is 8. The van der Waals surface area contributed by atoms with E-state index in [4.69, 9.17) is 9.47 Å². The van der Waals surface area contributed by atoms with Gasteiger partial charge in [-0.1, -0.05) is 19.1 Å². The third-order valence-corrected chi connectivity index (χ3v) is 3.05. The molecule has 21 heavy (non-hydrogen) atoms. The molecule has 0 unspecified atom stereocenters. The summed E-state index contributed by atoms with van der Waals surface area (Å²) >= 11 is 0. The molecule has 1 N–H and O–H groups in total. The van der Waals surface area contributed by atoms with E-state index in [9.17, 15) is 0 Å². The molecule has 0 fully saturated rings. The highest BCUT2D eigenvalue weighted by atomic mass is 16.5. The zero-order valence-corrected chi connectivity index (χ0v) is 12.8. The second-order valence-corrected chi connectivity index (χ2v) is 4.83. The molecule has 0 amide bonds. The summed E-state index contributed by atoms with van der Waals surface area (Å²) < 4.78 is 11.2. The molecule has 0 spiro atoms. The van der Waals surface area contributed by atoms with E-state index in [2.05, 4.69) is 24.4 Å². The molecule has 0 saturated heterocycles. The molecular weight excluding hydrogens is 262 g/mol. The summed E-state index contributed by atoms with van der Waals surface area (Å²) in [6.45, 7) is 6.76. The van der Waals surface area contributed by atoms with Crippen molar-refractivity contribution < 1.29 is 9.47 Å². The third-order valence-electron chi connectivity index (χ3n) is 3.05. The Bertz CT molecular complexity index is 520. The van der Waals surface area contributed by atoms with Crippen LogP contribution in [0.25, 0.3) is 0 Å². The van der Waals surface area contributed by atoms with Gasteiger partial charge in [0.05, 0.1) is 6.61 Å². The van der Waals surface area contributed by atoms with Gasteiger partial charge in [0.2, 0.25) is 0 Å². The topological polar surface area (TPSA) is 30.5 Å². The SMILES string of the molecule is CCCNCc1ccc(Oc2ccc(OCC)cc2)cc1. The van der Waals surface area contributed by atoms with Crippen LogP contribution in [-0.2, 0) is 6.54 Å². The first-order chi connectivity index (χ1) is 10.3. The highest BCUT2D eigenvalue weighted by Crippen LogP contribution is 2.24. The summed E-state index contributed by atoms with van der Waals surface area (Å²) in [5, 5.41) is 3.38. The van der Waals surface area contributed by atoms with Crippen LogP contribution in [0.5, 0.6) is 17.2 Å². The maximum Gasteiger partial charge on any atom is 0.127 e. The second-order valence-electron chi connectivity index (χ2n) is 4.83. The van der Waals surface area contributed by atoms with Crippen LogP contribution in [0.3, 0.4) is 0 Å². The van der Waals surface area contributed by atoms with E-state index in [1.165, 1.54) is 5.56 Å². The van der Waals surface area contributed by atoms with Gasteiger partial charge in [0.15, 0.2) is 0 Å². The van der Waals surface area contributed by atoms with Gasteiger partial charge >= 0.3 is 0 Å². The summed E-state index contributed by atoms with van der Waals surface area (Å²) in [5.41, 5.74) is 1.27. The van der Waals surface area contributed by atoms with Crippen molar-refractivity contribution in [2.75, 3.05) is 13.2 Å². The fourth-order valence-electron chi connectivity index (χ4n) is 1.99. The second kappa shape index (κ2) is 8.32. The number of benzene rings is 2. The minimum Gasteiger partial charge on any atom is -0.494 e. The van der Waals surface area contributed by atoms with Crippen molar-refractivity contribution in [1.29, 1.82) is 0 Å². The molecule has 2 aromatic carbocycles. The van der Waals surface area contributed by atoms with Gasteiger partial charge in [-0.15, -0.1) is 0 Å². The Balaban J connectivity index is 1.90. The summed E-state index contributed by atoms with van der Waals surface area (Å²) in [5.74, 6) is 2.52. The first kappa shape index (κ1) is 15.4. The van der Waals surface area contributed by atoms with Crippen molar-refractivity contribution in [3.05, 3.63) is 54.1 Å². The van der Waals surface area contributed by atoms with Crippen LogP contribution in [0, 0.1) is 0 Å². The van der Waals surface area contributed by atoms with Crippen LogP contribution in [0.1, 0.15) is 25.8 Å². The molecule has 0 aliphatic carbocycles. The molecule has 0 heterocycles. The maximum absolute atomic E-state index is 5.82. The monoisotopic (exact) mass is 285 g/mol. The van der Waals surface area contributed by atoms with E-state index in [1.807, 2.05) is 43.3 Å². The summed E-state index contributed by atoms with van der Waals surface area (Å²) in [6.07, 6.45) is 1.15. The van der Waals surface area contributed by atoms with E-state index >= 15 is 0 Å². The smallest absolute Gasteiger partial charge is 0.127 e. The van der Waals surface area contributed by atoms with E-state index in [-0.39, 0.29) is 0 Å². The lowest BCUT2D eigenvalue weighted by atomic mass is 10.2. The van der Waals surface area contributed by atoms with Crippen LogP contribution < -0.4 is 14.8 Å². The van der Waals surface area contributed by atoms with Crippen LogP contribution >= 0.6 is 0 Å². The molecule has 3 heteroatoms. The van der Waals surface area contributed by atoms with Crippen molar-refractivity contribution in [3.8, 4) is 17.2 Å². The highest BCUT2D eigenvalue weighted by molar-refractivity contribution is 5.36. The number of ether oxygens (including phenoxy) is 2. The van der Waals surface area contributed by atoms with Gasteiger partial charge in [-0.05, 0) is 61.9 Å². The van der Waals surface area contributed by atoms with Gasteiger partial charge in [-0.3, -0.25) is 0 Å². The largest absolute Gasteiger partial charge is 0.494 e. The number of hydrogen-bond acceptors (Lipinski definition) is 3. The Morgan fingerprint density at radius 3 is 1.95 bits per heavy atom. The maximum atomic E-state index is 5.82. The Hall–Kier alpha value is -2.00.